The molecule has 3 N–H and O–H groups in total. The molecule has 0 saturated carbocycles. The Kier molecular flexibility index (Phi) is 4.21. The Balaban J connectivity index is 2.13. The van der Waals surface area contributed by atoms with Gasteiger partial charge in [0.2, 0.25) is 5.91 Å². The van der Waals surface area contributed by atoms with Gasteiger partial charge in [-0.1, -0.05) is 0 Å². The summed E-state index contributed by atoms with van der Waals surface area (Å²) in [5.74, 6) is 0.627. The molecular weight excluding hydrogens is 244 g/mol. The summed E-state index contributed by atoms with van der Waals surface area (Å²) in [4.78, 5) is 12.6. The first-order valence-electron chi connectivity index (χ1n) is 6.62. The molecule has 1 fully saturated rings. The van der Waals surface area contributed by atoms with Crippen LogP contribution >= 0.6 is 0 Å². The van der Waals surface area contributed by atoms with Crippen LogP contribution in [0.15, 0.2) is 0 Å². The Morgan fingerprint density at radius 1 is 1.42 bits per heavy atom. The van der Waals surface area contributed by atoms with Gasteiger partial charge in [-0.2, -0.15) is 5.10 Å². The Bertz CT molecular complexity index is 444. The van der Waals surface area contributed by atoms with E-state index in [2.05, 4.69) is 20.8 Å². The van der Waals surface area contributed by atoms with E-state index < -0.39 is 5.41 Å². The summed E-state index contributed by atoms with van der Waals surface area (Å²) < 4.78 is 5.26. The number of rotatable bonds is 4. The van der Waals surface area contributed by atoms with Crippen LogP contribution in [-0.4, -0.2) is 42.9 Å². The molecule has 1 aliphatic rings. The predicted molar refractivity (Wildman–Crippen MR) is 73.1 cm³/mol. The summed E-state index contributed by atoms with van der Waals surface area (Å²) in [6.45, 7) is 6.01. The van der Waals surface area contributed by atoms with Crippen LogP contribution < -0.4 is 10.6 Å². The van der Waals surface area contributed by atoms with Crippen LogP contribution in [0.5, 0.6) is 0 Å². The second-order valence-corrected chi connectivity index (χ2v) is 5.24. The zero-order valence-electron chi connectivity index (χ0n) is 11.8. The summed E-state index contributed by atoms with van der Waals surface area (Å²) in [5, 5.41) is 13.2. The maximum Gasteiger partial charge on any atom is 0.234 e. The van der Waals surface area contributed by atoms with Crippen LogP contribution in [0.2, 0.25) is 0 Å². The quantitative estimate of drug-likeness (QED) is 0.759. The molecule has 0 aliphatic carbocycles. The van der Waals surface area contributed by atoms with E-state index in [1.807, 2.05) is 13.8 Å². The lowest BCUT2D eigenvalue weighted by molar-refractivity contribution is -0.130. The van der Waals surface area contributed by atoms with Crippen LogP contribution in [-0.2, 0) is 9.53 Å². The standard InChI is InChI=1S/C13H22N4O2/c1-9-10(2)16-17-11(9)15-12(18)13(8-19-3)4-6-14-7-5-13/h14H,4-8H2,1-3H3,(H2,15,16,17,18). The fourth-order valence-corrected chi connectivity index (χ4v) is 2.47. The van der Waals surface area contributed by atoms with E-state index in [1.54, 1.807) is 7.11 Å². The number of H-pyrrole nitrogens is 1. The number of carbonyl (C=O) groups is 1. The normalized spacial score (nSPS) is 18.3. The third kappa shape index (κ3) is 2.79. The molecule has 19 heavy (non-hydrogen) atoms. The van der Waals surface area contributed by atoms with Crippen molar-refractivity contribution in [3.63, 3.8) is 0 Å². The minimum atomic E-state index is -0.445. The number of carbonyl (C=O) groups excluding carboxylic acids is 1. The van der Waals surface area contributed by atoms with Gasteiger partial charge < -0.3 is 15.4 Å². The van der Waals surface area contributed by atoms with Crippen molar-refractivity contribution in [3.05, 3.63) is 11.3 Å². The number of anilines is 1. The number of nitrogens with zero attached hydrogens (tertiary/aromatic N) is 1. The lowest BCUT2D eigenvalue weighted by Gasteiger charge is -2.35. The molecule has 6 heteroatoms. The molecule has 0 unspecified atom stereocenters. The second kappa shape index (κ2) is 5.71. The molecule has 1 saturated heterocycles. The van der Waals surface area contributed by atoms with Crippen LogP contribution in [0.4, 0.5) is 5.82 Å². The van der Waals surface area contributed by atoms with Gasteiger partial charge in [0.25, 0.3) is 0 Å². The van der Waals surface area contributed by atoms with Crippen molar-refractivity contribution in [1.29, 1.82) is 0 Å². The zero-order chi connectivity index (χ0) is 13.9. The summed E-state index contributed by atoms with van der Waals surface area (Å²) in [6.07, 6.45) is 1.57. The van der Waals surface area contributed by atoms with Crippen LogP contribution in [0.3, 0.4) is 0 Å². The molecule has 106 valence electrons. The highest BCUT2D eigenvalue weighted by molar-refractivity contribution is 5.95. The molecule has 1 aliphatic heterocycles. The van der Waals surface area contributed by atoms with E-state index in [9.17, 15) is 4.79 Å². The fourth-order valence-electron chi connectivity index (χ4n) is 2.47. The zero-order valence-corrected chi connectivity index (χ0v) is 11.8. The summed E-state index contributed by atoms with van der Waals surface area (Å²) in [5.41, 5.74) is 1.51. The van der Waals surface area contributed by atoms with Gasteiger partial charge in [-0.15, -0.1) is 0 Å². The van der Waals surface area contributed by atoms with Gasteiger partial charge in [0.1, 0.15) is 0 Å². The minimum absolute atomic E-state index is 0.00505. The molecule has 2 heterocycles. The molecule has 2 rings (SSSR count). The first-order valence-corrected chi connectivity index (χ1v) is 6.62. The number of piperidine rings is 1. The average molecular weight is 266 g/mol. The van der Waals surface area contributed by atoms with E-state index in [0.29, 0.717) is 12.4 Å². The monoisotopic (exact) mass is 266 g/mol. The highest BCUT2D eigenvalue weighted by atomic mass is 16.5. The summed E-state index contributed by atoms with van der Waals surface area (Å²) in [6, 6.07) is 0. The van der Waals surface area contributed by atoms with Crippen LogP contribution in [0, 0.1) is 19.3 Å². The predicted octanol–water partition coefficient (Wildman–Crippen LogP) is 0.981. The van der Waals surface area contributed by atoms with Gasteiger partial charge in [-0.05, 0) is 39.8 Å². The molecule has 0 spiro atoms. The first kappa shape index (κ1) is 14.0. The van der Waals surface area contributed by atoms with E-state index >= 15 is 0 Å². The Hall–Kier alpha value is -1.40. The number of methoxy groups -OCH3 is 1. The third-order valence-corrected chi connectivity index (χ3v) is 3.95. The van der Waals surface area contributed by atoms with Crippen molar-refractivity contribution in [2.24, 2.45) is 5.41 Å². The molecule has 0 atom stereocenters. The SMILES string of the molecule is COCC1(C(=O)Nc2n[nH]c(C)c2C)CCNCC1. The molecule has 0 aromatic carbocycles. The number of nitrogens with one attached hydrogen (secondary N) is 3. The van der Waals surface area contributed by atoms with Crippen molar-refractivity contribution in [1.82, 2.24) is 15.5 Å². The van der Waals surface area contributed by atoms with Gasteiger partial charge in [0, 0.05) is 18.4 Å². The minimum Gasteiger partial charge on any atom is -0.384 e. The van der Waals surface area contributed by atoms with Crippen LogP contribution in [0.25, 0.3) is 0 Å². The van der Waals surface area contributed by atoms with Gasteiger partial charge in [0.05, 0.1) is 12.0 Å². The molecule has 1 aromatic heterocycles. The number of hydrogen-bond donors (Lipinski definition) is 3. The lowest BCUT2D eigenvalue weighted by atomic mass is 9.78. The van der Waals surface area contributed by atoms with Crippen molar-refractivity contribution in [2.75, 3.05) is 32.1 Å². The molecule has 0 radical (unpaired) electrons. The van der Waals surface area contributed by atoms with Gasteiger partial charge in [-0.25, -0.2) is 0 Å². The van der Waals surface area contributed by atoms with Gasteiger partial charge in [-0.3, -0.25) is 9.89 Å². The number of aromatic amines is 1. The molecule has 1 amide bonds. The van der Waals surface area contributed by atoms with Crippen molar-refractivity contribution >= 4 is 11.7 Å². The van der Waals surface area contributed by atoms with Crippen molar-refractivity contribution < 1.29 is 9.53 Å². The summed E-state index contributed by atoms with van der Waals surface area (Å²) >= 11 is 0. The fraction of sp³-hybridized carbons (Fsp3) is 0.692. The number of aryl methyl sites for hydroxylation is 1. The average Bonchev–Trinajstić information content (AvgIpc) is 2.72. The Labute approximate surface area is 113 Å². The largest absolute Gasteiger partial charge is 0.384 e. The maximum atomic E-state index is 12.6. The third-order valence-electron chi connectivity index (χ3n) is 3.95. The van der Waals surface area contributed by atoms with E-state index in [4.69, 9.17) is 4.74 Å². The van der Waals surface area contributed by atoms with Gasteiger partial charge in [0.15, 0.2) is 5.82 Å². The highest BCUT2D eigenvalue weighted by Crippen LogP contribution is 2.31. The highest BCUT2D eigenvalue weighted by Gasteiger charge is 2.40. The number of amides is 1. The smallest absolute Gasteiger partial charge is 0.234 e. The van der Waals surface area contributed by atoms with Gasteiger partial charge >= 0.3 is 0 Å². The topological polar surface area (TPSA) is 79.0 Å². The van der Waals surface area contributed by atoms with Crippen molar-refractivity contribution in [3.8, 4) is 0 Å². The molecule has 1 aromatic rings. The first-order chi connectivity index (χ1) is 9.09. The number of ether oxygens (including phenoxy) is 1. The Morgan fingerprint density at radius 3 is 2.63 bits per heavy atom. The summed E-state index contributed by atoms with van der Waals surface area (Å²) in [7, 11) is 1.64. The van der Waals surface area contributed by atoms with E-state index in [-0.39, 0.29) is 5.91 Å². The van der Waals surface area contributed by atoms with E-state index in [1.165, 1.54) is 0 Å². The molecular formula is C13H22N4O2. The second-order valence-electron chi connectivity index (χ2n) is 5.24. The van der Waals surface area contributed by atoms with Crippen molar-refractivity contribution in [2.45, 2.75) is 26.7 Å². The van der Waals surface area contributed by atoms with Crippen LogP contribution in [0.1, 0.15) is 24.1 Å². The Morgan fingerprint density at radius 2 is 2.11 bits per heavy atom. The molecule has 0 bridgehead atoms. The molecule has 6 nitrogen and oxygen atoms in total. The lowest BCUT2D eigenvalue weighted by Crippen LogP contribution is -2.47. The maximum absolute atomic E-state index is 12.6. The van der Waals surface area contributed by atoms with E-state index in [0.717, 1.165) is 37.2 Å². The number of aromatic nitrogens is 2. The number of hydrogen-bond acceptors (Lipinski definition) is 4.